The minimum atomic E-state index is -1.43. The standard InChI is InChI=1S/C5H7NO5/c1-2-10-5(9)11-4(8)3(6)7/h2H2,1H3,(H2,6,7). The Morgan fingerprint density at radius 3 is 2.27 bits per heavy atom. The third kappa shape index (κ3) is 3.90. The third-order valence-corrected chi connectivity index (χ3v) is 0.639. The van der Waals surface area contributed by atoms with Gasteiger partial charge in [0.25, 0.3) is 0 Å². The van der Waals surface area contributed by atoms with Crippen LogP contribution in [0.5, 0.6) is 0 Å². The van der Waals surface area contributed by atoms with Crippen molar-refractivity contribution in [2.75, 3.05) is 6.61 Å². The van der Waals surface area contributed by atoms with E-state index in [2.05, 4.69) is 15.2 Å². The predicted molar refractivity (Wildman–Crippen MR) is 32.3 cm³/mol. The highest BCUT2D eigenvalue weighted by atomic mass is 16.7. The summed E-state index contributed by atoms with van der Waals surface area (Å²) in [6.07, 6.45) is -1.23. The maximum absolute atomic E-state index is 10.3. The van der Waals surface area contributed by atoms with Gasteiger partial charge in [0, 0.05) is 0 Å². The van der Waals surface area contributed by atoms with Gasteiger partial charge >= 0.3 is 18.0 Å². The average Bonchev–Trinajstić information content (AvgIpc) is 1.87. The van der Waals surface area contributed by atoms with Crippen LogP contribution in [0.4, 0.5) is 4.79 Å². The molecule has 0 radical (unpaired) electrons. The van der Waals surface area contributed by atoms with E-state index < -0.39 is 18.0 Å². The van der Waals surface area contributed by atoms with E-state index in [1.807, 2.05) is 0 Å². The molecule has 0 aliphatic rings. The number of primary amides is 1. The first-order chi connectivity index (χ1) is 5.07. The van der Waals surface area contributed by atoms with Crippen LogP contribution < -0.4 is 5.73 Å². The predicted octanol–water partition coefficient (Wildman–Crippen LogP) is -0.829. The lowest BCUT2D eigenvalue weighted by Crippen LogP contribution is -2.28. The molecule has 1 amide bonds. The zero-order valence-corrected chi connectivity index (χ0v) is 5.83. The fraction of sp³-hybridized carbons (Fsp3) is 0.400. The zero-order valence-electron chi connectivity index (χ0n) is 5.83. The van der Waals surface area contributed by atoms with Crippen LogP contribution in [0.1, 0.15) is 6.92 Å². The summed E-state index contributed by atoms with van der Waals surface area (Å²) in [5.74, 6) is -2.76. The molecular formula is C5H7NO5. The second kappa shape index (κ2) is 4.26. The number of ether oxygens (including phenoxy) is 2. The van der Waals surface area contributed by atoms with Crippen LogP contribution in [0, 0.1) is 0 Å². The van der Waals surface area contributed by atoms with E-state index in [9.17, 15) is 14.4 Å². The van der Waals surface area contributed by atoms with Gasteiger partial charge in [0.1, 0.15) is 0 Å². The molecule has 0 saturated heterocycles. The molecular weight excluding hydrogens is 154 g/mol. The Labute approximate surface area is 62.3 Å². The molecule has 0 bridgehead atoms. The summed E-state index contributed by atoms with van der Waals surface area (Å²) in [7, 11) is 0. The van der Waals surface area contributed by atoms with Crippen LogP contribution in [0.2, 0.25) is 0 Å². The lowest BCUT2D eigenvalue weighted by molar-refractivity contribution is -0.150. The summed E-state index contributed by atoms with van der Waals surface area (Å²) in [5, 5.41) is 0. The first kappa shape index (κ1) is 9.41. The van der Waals surface area contributed by atoms with Gasteiger partial charge < -0.3 is 15.2 Å². The number of amides is 1. The van der Waals surface area contributed by atoms with Crippen LogP contribution in [0.25, 0.3) is 0 Å². The number of hydrogen-bond donors (Lipinski definition) is 1. The SMILES string of the molecule is CCOC(=O)OC(=O)C(N)=O. The molecule has 11 heavy (non-hydrogen) atoms. The van der Waals surface area contributed by atoms with Gasteiger partial charge in [-0.1, -0.05) is 0 Å². The quantitative estimate of drug-likeness (QED) is 0.307. The zero-order chi connectivity index (χ0) is 8.85. The Morgan fingerprint density at radius 2 is 1.91 bits per heavy atom. The molecule has 0 fully saturated rings. The van der Waals surface area contributed by atoms with Crippen molar-refractivity contribution in [3.63, 3.8) is 0 Å². The molecule has 62 valence electrons. The van der Waals surface area contributed by atoms with Gasteiger partial charge in [-0.25, -0.2) is 9.59 Å². The van der Waals surface area contributed by atoms with Crippen molar-refractivity contribution in [2.45, 2.75) is 6.92 Å². The Kier molecular flexibility index (Phi) is 3.65. The highest BCUT2D eigenvalue weighted by molar-refractivity contribution is 6.33. The number of esters is 1. The van der Waals surface area contributed by atoms with Gasteiger partial charge in [-0.2, -0.15) is 0 Å². The van der Waals surface area contributed by atoms with Crippen LogP contribution in [0.15, 0.2) is 0 Å². The smallest absolute Gasteiger partial charge is 0.434 e. The first-order valence-corrected chi connectivity index (χ1v) is 2.76. The number of carbonyl (C=O) groups is 3. The Balaban J connectivity index is 3.76. The van der Waals surface area contributed by atoms with Crippen LogP contribution in [-0.2, 0) is 19.1 Å². The molecule has 0 spiro atoms. The summed E-state index contributed by atoms with van der Waals surface area (Å²) in [6.45, 7) is 1.58. The Morgan fingerprint density at radius 1 is 1.36 bits per heavy atom. The molecule has 0 aromatic heterocycles. The van der Waals surface area contributed by atoms with E-state index in [0.717, 1.165) is 0 Å². The summed E-state index contributed by atoms with van der Waals surface area (Å²) in [4.78, 5) is 30.5. The number of nitrogens with two attached hydrogens (primary N) is 1. The minimum absolute atomic E-state index is 0.0604. The largest absolute Gasteiger partial charge is 0.516 e. The number of carbonyl (C=O) groups excluding carboxylic acids is 3. The van der Waals surface area contributed by atoms with Crippen molar-refractivity contribution in [3.8, 4) is 0 Å². The van der Waals surface area contributed by atoms with E-state index >= 15 is 0 Å². The van der Waals surface area contributed by atoms with E-state index in [-0.39, 0.29) is 6.61 Å². The minimum Gasteiger partial charge on any atom is -0.434 e. The Bertz CT molecular complexity index is 187. The van der Waals surface area contributed by atoms with Crippen molar-refractivity contribution in [1.29, 1.82) is 0 Å². The van der Waals surface area contributed by atoms with Crippen molar-refractivity contribution < 1.29 is 23.9 Å². The van der Waals surface area contributed by atoms with E-state index in [4.69, 9.17) is 0 Å². The summed E-state index contributed by atoms with van der Waals surface area (Å²) in [6, 6.07) is 0. The van der Waals surface area contributed by atoms with Gasteiger partial charge in [-0.15, -0.1) is 0 Å². The molecule has 0 unspecified atom stereocenters. The van der Waals surface area contributed by atoms with Crippen LogP contribution >= 0.6 is 0 Å². The highest BCUT2D eigenvalue weighted by Crippen LogP contribution is 1.84. The molecule has 0 aliphatic heterocycles. The van der Waals surface area contributed by atoms with Crippen molar-refractivity contribution in [1.82, 2.24) is 0 Å². The topological polar surface area (TPSA) is 95.7 Å². The molecule has 0 aromatic rings. The van der Waals surface area contributed by atoms with Gasteiger partial charge in [0.2, 0.25) is 0 Å². The molecule has 2 N–H and O–H groups in total. The molecule has 0 atom stereocenters. The second-order valence-electron chi connectivity index (χ2n) is 1.44. The maximum Gasteiger partial charge on any atom is 0.516 e. The van der Waals surface area contributed by atoms with Gasteiger partial charge in [0.05, 0.1) is 6.61 Å². The lowest BCUT2D eigenvalue weighted by Gasteiger charge is -1.98. The number of hydrogen-bond acceptors (Lipinski definition) is 5. The summed E-state index contributed by atoms with van der Waals surface area (Å²) in [5.41, 5.74) is 4.46. The highest BCUT2D eigenvalue weighted by Gasteiger charge is 2.15. The van der Waals surface area contributed by atoms with E-state index in [0.29, 0.717) is 0 Å². The third-order valence-electron chi connectivity index (χ3n) is 0.639. The molecule has 0 heterocycles. The fourth-order valence-corrected chi connectivity index (χ4v) is 0.273. The summed E-state index contributed by atoms with van der Waals surface area (Å²) < 4.78 is 7.95. The molecule has 0 aromatic carbocycles. The normalized spacial score (nSPS) is 8.45. The maximum atomic E-state index is 10.3. The monoisotopic (exact) mass is 161 g/mol. The molecule has 6 nitrogen and oxygen atoms in total. The van der Waals surface area contributed by atoms with Gasteiger partial charge in [0.15, 0.2) is 0 Å². The fourth-order valence-electron chi connectivity index (χ4n) is 0.273. The molecule has 0 aliphatic carbocycles. The first-order valence-electron chi connectivity index (χ1n) is 2.76. The number of rotatable bonds is 1. The van der Waals surface area contributed by atoms with Crippen molar-refractivity contribution in [2.24, 2.45) is 5.73 Å². The van der Waals surface area contributed by atoms with Gasteiger partial charge in [-0.3, -0.25) is 4.79 Å². The van der Waals surface area contributed by atoms with Gasteiger partial charge in [-0.05, 0) is 6.92 Å². The molecule has 6 heteroatoms. The van der Waals surface area contributed by atoms with Crippen LogP contribution in [0.3, 0.4) is 0 Å². The van der Waals surface area contributed by atoms with Crippen LogP contribution in [-0.4, -0.2) is 24.6 Å². The second-order valence-corrected chi connectivity index (χ2v) is 1.44. The average molecular weight is 161 g/mol. The summed E-state index contributed by atoms with van der Waals surface area (Å²) >= 11 is 0. The van der Waals surface area contributed by atoms with E-state index in [1.54, 1.807) is 0 Å². The molecule has 0 rings (SSSR count). The van der Waals surface area contributed by atoms with Crippen molar-refractivity contribution in [3.05, 3.63) is 0 Å². The van der Waals surface area contributed by atoms with E-state index in [1.165, 1.54) is 6.92 Å². The van der Waals surface area contributed by atoms with Crippen molar-refractivity contribution >= 4 is 18.0 Å². The molecule has 0 saturated carbocycles. The Hall–Kier alpha value is -1.59. The lowest BCUT2D eigenvalue weighted by atomic mass is 10.7.